The Labute approximate surface area is 208 Å². The summed E-state index contributed by atoms with van der Waals surface area (Å²) in [5, 5.41) is 0. The third-order valence-electron chi connectivity index (χ3n) is 8.47. The van der Waals surface area contributed by atoms with E-state index >= 15 is 0 Å². The Hall–Kier alpha value is -1.30. The van der Waals surface area contributed by atoms with Crippen molar-refractivity contribution in [2.24, 2.45) is 5.41 Å². The number of ether oxygens (including phenoxy) is 2. The quantitative estimate of drug-likeness (QED) is 0.441. The Morgan fingerprint density at radius 1 is 0.853 bits per heavy atom. The van der Waals surface area contributed by atoms with Crippen molar-refractivity contribution in [3.63, 3.8) is 0 Å². The first-order valence-electron chi connectivity index (χ1n) is 14.0. The van der Waals surface area contributed by atoms with Crippen molar-refractivity contribution in [3.8, 4) is 0 Å². The van der Waals surface area contributed by atoms with E-state index in [4.69, 9.17) is 9.47 Å². The maximum absolute atomic E-state index is 5.90. The van der Waals surface area contributed by atoms with Gasteiger partial charge in [0, 0.05) is 70.4 Å². The maximum atomic E-state index is 5.90. The molecule has 5 nitrogen and oxygen atoms in total. The summed E-state index contributed by atoms with van der Waals surface area (Å²) < 4.78 is 11.5. The number of piperidine rings is 1. The van der Waals surface area contributed by atoms with Crippen molar-refractivity contribution in [3.05, 3.63) is 23.8 Å². The average molecular weight is 472 g/mol. The second-order valence-electron chi connectivity index (χ2n) is 11.3. The van der Waals surface area contributed by atoms with E-state index in [2.05, 4.69) is 60.6 Å². The van der Waals surface area contributed by atoms with Crippen LogP contribution in [0.1, 0.15) is 77.7 Å². The molecule has 0 unspecified atom stereocenters. The number of rotatable bonds is 9. The van der Waals surface area contributed by atoms with Gasteiger partial charge in [0.05, 0.1) is 12.7 Å². The van der Waals surface area contributed by atoms with Gasteiger partial charge in [0.15, 0.2) is 0 Å². The Morgan fingerprint density at radius 2 is 1.56 bits per heavy atom. The van der Waals surface area contributed by atoms with Crippen molar-refractivity contribution in [2.45, 2.75) is 78.2 Å². The molecule has 1 aromatic carbocycles. The van der Waals surface area contributed by atoms with Crippen LogP contribution in [0.3, 0.4) is 0 Å². The summed E-state index contributed by atoms with van der Waals surface area (Å²) in [6.07, 6.45) is 8.06. The molecule has 0 amide bonds. The SMILES string of the molecule is CCOCCN1CCN(c2ccc(N3CCC(OCC)CC3)cc2C2CCC(C)(C)CC2)CC1. The first-order valence-corrected chi connectivity index (χ1v) is 14.0. The van der Waals surface area contributed by atoms with E-state index < -0.39 is 0 Å². The molecule has 5 heteroatoms. The average Bonchev–Trinajstić information content (AvgIpc) is 2.85. The smallest absolute Gasteiger partial charge is 0.0608 e. The van der Waals surface area contributed by atoms with Gasteiger partial charge in [-0.25, -0.2) is 0 Å². The number of anilines is 2. The molecule has 0 atom stereocenters. The van der Waals surface area contributed by atoms with Crippen LogP contribution in [-0.2, 0) is 9.47 Å². The van der Waals surface area contributed by atoms with Crippen molar-refractivity contribution in [1.82, 2.24) is 4.90 Å². The molecule has 0 bridgehead atoms. The van der Waals surface area contributed by atoms with Gasteiger partial charge in [-0.15, -0.1) is 0 Å². The third kappa shape index (κ3) is 6.67. The molecule has 1 saturated carbocycles. The predicted molar refractivity (Wildman–Crippen MR) is 143 cm³/mol. The summed E-state index contributed by atoms with van der Waals surface area (Å²) in [4.78, 5) is 7.82. The molecule has 0 aromatic heterocycles. The standard InChI is InChI=1S/C29H49N3O2/c1-5-33-22-21-30-17-19-32(20-18-30)28-8-7-25(31-15-11-26(12-16-31)34-6-2)23-27(28)24-9-13-29(3,4)14-10-24/h7-8,23-24,26H,5-6,9-22H2,1-4H3. The zero-order chi connectivity index (χ0) is 24.0. The lowest BCUT2D eigenvalue weighted by Crippen LogP contribution is -2.47. The molecule has 0 N–H and O–H groups in total. The van der Waals surface area contributed by atoms with Gasteiger partial charge in [-0.3, -0.25) is 4.90 Å². The van der Waals surface area contributed by atoms with Gasteiger partial charge in [0.25, 0.3) is 0 Å². The fraction of sp³-hybridized carbons (Fsp3) is 0.793. The minimum absolute atomic E-state index is 0.444. The molecular formula is C29H49N3O2. The minimum atomic E-state index is 0.444. The van der Waals surface area contributed by atoms with Crippen molar-refractivity contribution in [1.29, 1.82) is 0 Å². The highest BCUT2D eigenvalue weighted by atomic mass is 16.5. The third-order valence-corrected chi connectivity index (χ3v) is 8.47. The highest BCUT2D eigenvalue weighted by Gasteiger charge is 2.31. The van der Waals surface area contributed by atoms with Gasteiger partial charge in [-0.1, -0.05) is 13.8 Å². The second kappa shape index (κ2) is 12.1. The Bertz CT molecular complexity index is 742. The molecule has 2 saturated heterocycles. The zero-order valence-corrected chi connectivity index (χ0v) is 22.4. The fourth-order valence-corrected chi connectivity index (χ4v) is 6.13. The Balaban J connectivity index is 1.47. The Kier molecular flexibility index (Phi) is 9.17. The monoisotopic (exact) mass is 471 g/mol. The van der Waals surface area contributed by atoms with Gasteiger partial charge in [-0.05, 0) is 87.5 Å². The summed E-state index contributed by atoms with van der Waals surface area (Å²) >= 11 is 0. The lowest BCUT2D eigenvalue weighted by molar-refractivity contribution is 0.0459. The van der Waals surface area contributed by atoms with Crippen LogP contribution in [-0.4, -0.2) is 76.6 Å². The topological polar surface area (TPSA) is 28.2 Å². The molecular weight excluding hydrogens is 422 g/mol. The molecule has 0 radical (unpaired) electrons. The summed E-state index contributed by atoms with van der Waals surface area (Å²) in [6, 6.07) is 7.42. The summed E-state index contributed by atoms with van der Waals surface area (Å²) in [7, 11) is 0. The van der Waals surface area contributed by atoms with Crippen molar-refractivity contribution < 1.29 is 9.47 Å². The molecule has 3 aliphatic rings. The van der Waals surface area contributed by atoms with Gasteiger partial charge in [0.1, 0.15) is 0 Å². The van der Waals surface area contributed by atoms with Crippen LogP contribution in [0.2, 0.25) is 0 Å². The largest absolute Gasteiger partial charge is 0.380 e. The van der Waals surface area contributed by atoms with Crippen molar-refractivity contribution >= 4 is 11.4 Å². The van der Waals surface area contributed by atoms with Crippen LogP contribution in [0.25, 0.3) is 0 Å². The predicted octanol–water partition coefficient (Wildman–Crippen LogP) is 5.53. The van der Waals surface area contributed by atoms with E-state index in [0.29, 0.717) is 17.4 Å². The molecule has 4 rings (SSSR count). The Morgan fingerprint density at radius 3 is 2.21 bits per heavy atom. The highest BCUT2D eigenvalue weighted by molar-refractivity contribution is 5.63. The van der Waals surface area contributed by atoms with E-state index in [9.17, 15) is 0 Å². The number of hydrogen-bond acceptors (Lipinski definition) is 5. The minimum Gasteiger partial charge on any atom is -0.380 e. The number of nitrogens with zero attached hydrogens (tertiary/aromatic N) is 3. The first kappa shape index (κ1) is 25.8. The van der Waals surface area contributed by atoms with Crippen molar-refractivity contribution in [2.75, 3.05) is 75.4 Å². The van der Waals surface area contributed by atoms with Gasteiger partial charge >= 0.3 is 0 Å². The second-order valence-corrected chi connectivity index (χ2v) is 11.3. The van der Waals surface area contributed by atoms with Gasteiger partial charge < -0.3 is 19.3 Å². The molecule has 192 valence electrons. The van der Waals surface area contributed by atoms with E-state index in [-0.39, 0.29) is 0 Å². The molecule has 34 heavy (non-hydrogen) atoms. The number of benzene rings is 1. The van der Waals surface area contributed by atoms with Crippen LogP contribution in [0, 0.1) is 5.41 Å². The molecule has 0 spiro atoms. The van der Waals surface area contributed by atoms with Gasteiger partial charge in [-0.2, -0.15) is 0 Å². The summed E-state index contributed by atoms with van der Waals surface area (Å²) in [5.74, 6) is 0.694. The lowest BCUT2D eigenvalue weighted by Gasteiger charge is -2.40. The number of piperazine rings is 1. The summed E-state index contributed by atoms with van der Waals surface area (Å²) in [5.41, 5.74) is 5.04. The molecule has 1 aliphatic carbocycles. The highest BCUT2D eigenvalue weighted by Crippen LogP contribution is 2.46. The summed E-state index contributed by atoms with van der Waals surface area (Å²) in [6.45, 7) is 19.4. The molecule has 1 aromatic rings. The zero-order valence-electron chi connectivity index (χ0n) is 22.4. The van der Waals surface area contributed by atoms with Crippen LogP contribution in [0.4, 0.5) is 11.4 Å². The van der Waals surface area contributed by atoms with Gasteiger partial charge in [0.2, 0.25) is 0 Å². The van der Waals surface area contributed by atoms with Crippen LogP contribution in [0.15, 0.2) is 18.2 Å². The normalized spacial score (nSPS) is 22.9. The first-order chi connectivity index (χ1) is 16.5. The van der Waals surface area contributed by atoms with E-state index in [0.717, 1.165) is 78.5 Å². The molecule has 2 aliphatic heterocycles. The van der Waals surface area contributed by atoms with Crippen LogP contribution < -0.4 is 9.80 Å². The maximum Gasteiger partial charge on any atom is 0.0608 e. The lowest BCUT2D eigenvalue weighted by atomic mass is 9.71. The van der Waals surface area contributed by atoms with Crippen LogP contribution >= 0.6 is 0 Å². The molecule has 2 heterocycles. The van der Waals surface area contributed by atoms with E-state index in [1.807, 2.05) is 0 Å². The van der Waals surface area contributed by atoms with E-state index in [1.54, 1.807) is 5.56 Å². The number of hydrogen-bond donors (Lipinski definition) is 0. The van der Waals surface area contributed by atoms with E-state index in [1.165, 1.54) is 37.1 Å². The fourth-order valence-electron chi connectivity index (χ4n) is 6.13. The molecule has 3 fully saturated rings. The van der Waals surface area contributed by atoms with Crippen LogP contribution in [0.5, 0.6) is 0 Å².